The average molecular weight is 398 g/mol. The first-order chi connectivity index (χ1) is 12.2. The van der Waals surface area contributed by atoms with Crippen LogP contribution in [-0.4, -0.2) is 6.04 Å². The van der Waals surface area contributed by atoms with Crippen LogP contribution in [0.15, 0.2) is 62.2 Å². The quantitative estimate of drug-likeness (QED) is 0.591. The van der Waals surface area contributed by atoms with Gasteiger partial charge in [0.25, 0.3) is 0 Å². The van der Waals surface area contributed by atoms with E-state index in [1.165, 1.54) is 19.3 Å². The number of rotatable bonds is 3. The summed E-state index contributed by atoms with van der Waals surface area (Å²) in [4.78, 5) is 13.2. The number of halogens is 1. The molecule has 0 radical (unpaired) electrons. The second kappa shape index (κ2) is 7.04. The molecule has 4 heteroatoms. The summed E-state index contributed by atoms with van der Waals surface area (Å²) < 4.78 is 7.05. The predicted molar refractivity (Wildman–Crippen MR) is 106 cm³/mol. The molecule has 1 fully saturated rings. The number of anilines is 1. The molecule has 1 saturated carbocycles. The normalized spacial score (nSPS) is 15.4. The Morgan fingerprint density at radius 1 is 1.00 bits per heavy atom. The molecule has 1 N–H and O–H groups in total. The van der Waals surface area contributed by atoms with Gasteiger partial charge in [0, 0.05) is 16.1 Å². The van der Waals surface area contributed by atoms with Crippen LogP contribution in [0.1, 0.15) is 32.1 Å². The molecule has 1 aromatic heterocycles. The third-order valence-electron chi connectivity index (χ3n) is 4.84. The lowest BCUT2D eigenvalue weighted by molar-refractivity contribution is 0.461. The third-order valence-corrected chi connectivity index (χ3v) is 5.34. The molecule has 1 heterocycles. The van der Waals surface area contributed by atoms with Gasteiger partial charge in [0.05, 0.1) is 5.39 Å². The van der Waals surface area contributed by atoms with Crippen LogP contribution in [0.5, 0.6) is 0 Å². The van der Waals surface area contributed by atoms with Crippen molar-refractivity contribution in [1.82, 2.24) is 0 Å². The van der Waals surface area contributed by atoms with Crippen molar-refractivity contribution in [1.29, 1.82) is 0 Å². The lowest BCUT2D eigenvalue weighted by atomic mass is 9.95. The van der Waals surface area contributed by atoms with Gasteiger partial charge in [0.15, 0.2) is 5.76 Å². The van der Waals surface area contributed by atoms with Crippen LogP contribution in [0.4, 0.5) is 5.69 Å². The number of hydrogen-bond donors (Lipinski definition) is 1. The zero-order valence-electron chi connectivity index (χ0n) is 13.9. The molecule has 25 heavy (non-hydrogen) atoms. The van der Waals surface area contributed by atoms with E-state index < -0.39 is 0 Å². The van der Waals surface area contributed by atoms with E-state index in [-0.39, 0.29) is 5.43 Å². The molecule has 4 rings (SSSR count). The summed E-state index contributed by atoms with van der Waals surface area (Å²) >= 11 is 3.45. The highest BCUT2D eigenvalue weighted by Gasteiger charge is 2.20. The van der Waals surface area contributed by atoms with Gasteiger partial charge in [-0.05, 0) is 31.0 Å². The van der Waals surface area contributed by atoms with Crippen LogP contribution < -0.4 is 10.7 Å². The molecule has 0 unspecified atom stereocenters. The van der Waals surface area contributed by atoms with E-state index in [1.807, 2.05) is 48.5 Å². The van der Waals surface area contributed by atoms with Crippen molar-refractivity contribution in [3.05, 3.63) is 63.2 Å². The van der Waals surface area contributed by atoms with Crippen LogP contribution in [0.3, 0.4) is 0 Å². The van der Waals surface area contributed by atoms with Crippen LogP contribution in [0, 0.1) is 0 Å². The van der Waals surface area contributed by atoms with Crippen molar-refractivity contribution in [3.63, 3.8) is 0 Å². The maximum Gasteiger partial charge on any atom is 0.216 e. The van der Waals surface area contributed by atoms with Crippen LogP contribution in [0.2, 0.25) is 0 Å². The summed E-state index contributed by atoms with van der Waals surface area (Å²) in [5.41, 5.74) is 2.12. The molecule has 0 spiro atoms. The van der Waals surface area contributed by atoms with Crippen LogP contribution in [0.25, 0.3) is 22.3 Å². The van der Waals surface area contributed by atoms with E-state index in [9.17, 15) is 4.79 Å². The minimum atomic E-state index is 0.00646. The van der Waals surface area contributed by atoms with Gasteiger partial charge < -0.3 is 9.73 Å². The minimum absolute atomic E-state index is 0.00646. The summed E-state index contributed by atoms with van der Waals surface area (Å²) in [6.07, 6.45) is 5.91. The third kappa shape index (κ3) is 3.36. The molecule has 0 bridgehead atoms. The fraction of sp³-hybridized carbons (Fsp3) is 0.286. The molecule has 1 aliphatic rings. The lowest BCUT2D eigenvalue weighted by Crippen LogP contribution is -2.26. The molecule has 0 atom stereocenters. The zero-order chi connectivity index (χ0) is 17.2. The average Bonchev–Trinajstić information content (AvgIpc) is 2.66. The summed E-state index contributed by atoms with van der Waals surface area (Å²) in [7, 11) is 0. The number of fused-ring (bicyclic) bond motifs is 1. The molecule has 0 amide bonds. The molecule has 1 aliphatic carbocycles. The predicted octanol–water partition coefficient (Wildman–Crippen LogP) is 5.97. The first kappa shape index (κ1) is 16.4. The highest BCUT2D eigenvalue weighted by molar-refractivity contribution is 9.10. The Hall–Kier alpha value is -2.07. The van der Waals surface area contributed by atoms with Crippen molar-refractivity contribution >= 4 is 32.6 Å². The first-order valence-corrected chi connectivity index (χ1v) is 9.60. The zero-order valence-corrected chi connectivity index (χ0v) is 15.5. The van der Waals surface area contributed by atoms with Gasteiger partial charge in [0.2, 0.25) is 5.43 Å². The number of benzene rings is 2. The van der Waals surface area contributed by atoms with E-state index in [0.717, 1.165) is 22.9 Å². The molecule has 0 aliphatic heterocycles. The standard InChI is InChI=1S/C21H20BrNO2/c22-15-11-12-18-17(13-15)20(24)19(23-16-9-5-2-6-10-16)21(25-18)14-7-3-1-4-8-14/h1,3-4,7-8,11-13,16,23H,2,5-6,9-10H2. The second-order valence-corrected chi connectivity index (χ2v) is 7.54. The Kier molecular flexibility index (Phi) is 4.62. The van der Waals surface area contributed by atoms with E-state index in [2.05, 4.69) is 21.2 Å². The highest BCUT2D eigenvalue weighted by atomic mass is 79.9. The minimum Gasteiger partial charge on any atom is -0.454 e. The summed E-state index contributed by atoms with van der Waals surface area (Å²) in [6, 6.07) is 15.8. The summed E-state index contributed by atoms with van der Waals surface area (Å²) in [5, 5.41) is 4.11. The van der Waals surface area contributed by atoms with Gasteiger partial charge in [-0.25, -0.2) is 0 Å². The highest BCUT2D eigenvalue weighted by Crippen LogP contribution is 2.32. The molecule has 128 valence electrons. The monoisotopic (exact) mass is 397 g/mol. The molecule has 3 nitrogen and oxygen atoms in total. The van der Waals surface area contributed by atoms with Gasteiger partial charge in [-0.3, -0.25) is 4.79 Å². The Bertz CT molecular complexity index is 943. The van der Waals surface area contributed by atoms with Gasteiger partial charge in [-0.15, -0.1) is 0 Å². The number of hydrogen-bond acceptors (Lipinski definition) is 3. The fourth-order valence-corrected chi connectivity index (χ4v) is 3.90. The van der Waals surface area contributed by atoms with Crippen LogP contribution >= 0.6 is 15.9 Å². The number of nitrogens with one attached hydrogen (secondary N) is 1. The van der Waals surface area contributed by atoms with Gasteiger partial charge in [-0.1, -0.05) is 65.5 Å². The molecule has 3 aromatic rings. The Morgan fingerprint density at radius 3 is 2.52 bits per heavy atom. The molecule has 0 saturated heterocycles. The second-order valence-electron chi connectivity index (χ2n) is 6.62. The Labute approximate surface area is 155 Å². The lowest BCUT2D eigenvalue weighted by Gasteiger charge is -2.24. The maximum absolute atomic E-state index is 13.2. The maximum atomic E-state index is 13.2. The molecule has 2 aromatic carbocycles. The van der Waals surface area contributed by atoms with Crippen LogP contribution in [-0.2, 0) is 0 Å². The Morgan fingerprint density at radius 2 is 1.76 bits per heavy atom. The molecular weight excluding hydrogens is 378 g/mol. The fourth-order valence-electron chi connectivity index (χ4n) is 3.54. The van der Waals surface area contributed by atoms with Crippen molar-refractivity contribution < 1.29 is 4.42 Å². The van der Waals surface area contributed by atoms with Crippen molar-refractivity contribution in [2.75, 3.05) is 5.32 Å². The summed E-state index contributed by atoms with van der Waals surface area (Å²) in [5.74, 6) is 0.631. The first-order valence-electron chi connectivity index (χ1n) is 8.81. The van der Waals surface area contributed by atoms with Gasteiger partial charge in [0.1, 0.15) is 11.3 Å². The largest absolute Gasteiger partial charge is 0.454 e. The summed E-state index contributed by atoms with van der Waals surface area (Å²) in [6.45, 7) is 0. The van der Waals surface area contributed by atoms with E-state index in [0.29, 0.717) is 28.5 Å². The molecular formula is C21H20BrNO2. The van der Waals surface area contributed by atoms with E-state index >= 15 is 0 Å². The van der Waals surface area contributed by atoms with E-state index in [1.54, 1.807) is 0 Å². The SMILES string of the molecule is O=c1c(NC2CCCCC2)c(-c2ccccc2)oc2ccc(Br)cc12. The smallest absolute Gasteiger partial charge is 0.216 e. The van der Waals surface area contributed by atoms with Gasteiger partial charge in [-0.2, -0.15) is 0 Å². The van der Waals surface area contributed by atoms with Crippen molar-refractivity contribution in [2.45, 2.75) is 38.1 Å². The van der Waals surface area contributed by atoms with Crippen molar-refractivity contribution in [2.24, 2.45) is 0 Å². The van der Waals surface area contributed by atoms with Gasteiger partial charge >= 0.3 is 0 Å². The topological polar surface area (TPSA) is 42.2 Å². The van der Waals surface area contributed by atoms with E-state index in [4.69, 9.17) is 4.42 Å². The van der Waals surface area contributed by atoms with Crippen molar-refractivity contribution in [3.8, 4) is 11.3 Å². The Balaban J connectivity index is 1.89.